The fourth-order valence-electron chi connectivity index (χ4n) is 4.19. The van der Waals surface area contributed by atoms with E-state index in [4.69, 9.17) is 0 Å². The number of hydrogen-bond acceptors (Lipinski definition) is 3. The number of sulfonamides is 1. The van der Waals surface area contributed by atoms with Gasteiger partial charge in [-0.25, -0.2) is 8.42 Å². The van der Waals surface area contributed by atoms with Crippen LogP contribution in [0.1, 0.15) is 43.2 Å². The predicted octanol–water partition coefficient (Wildman–Crippen LogP) is 5.18. The maximum absolute atomic E-state index is 13.5. The second-order valence-corrected chi connectivity index (χ2v) is 10.8. The summed E-state index contributed by atoms with van der Waals surface area (Å²) >= 11 is 1.98. The zero-order chi connectivity index (χ0) is 18.9. The fourth-order valence-corrected chi connectivity index (χ4v) is 7.40. The highest BCUT2D eigenvalue weighted by atomic mass is 32.2. The molecule has 2 aromatic carbocycles. The summed E-state index contributed by atoms with van der Waals surface area (Å²) in [6, 6.07) is 15.2. The molecule has 2 aliphatic rings. The molecule has 0 radical (unpaired) electrons. The number of nitrogens with zero attached hydrogens (tertiary/aromatic N) is 1. The first-order valence-corrected chi connectivity index (χ1v) is 12.4. The minimum Gasteiger partial charge on any atom is -0.262 e. The summed E-state index contributed by atoms with van der Waals surface area (Å²) < 4.78 is 28.7. The van der Waals surface area contributed by atoms with Gasteiger partial charge in [0.2, 0.25) is 0 Å². The Morgan fingerprint density at radius 2 is 1.70 bits per heavy atom. The molecule has 27 heavy (non-hydrogen) atoms. The first-order valence-electron chi connectivity index (χ1n) is 9.86. The Kier molecular flexibility index (Phi) is 5.51. The standard InChI is InChI=1S/C22H27NO2S2/c1-17-11-13-21(14-12-17)27(24,25)23-19(15-18-7-5-6-10-22(18)23)16-26-20-8-3-2-4-9-20/h5-7,10-14,19-20H,2-4,8-9,15-16H2,1H3. The lowest BCUT2D eigenvalue weighted by atomic mass is 10.0. The van der Waals surface area contributed by atoms with Crippen LogP contribution in [0.2, 0.25) is 0 Å². The first-order chi connectivity index (χ1) is 13.1. The van der Waals surface area contributed by atoms with Crippen LogP contribution in [0.25, 0.3) is 0 Å². The van der Waals surface area contributed by atoms with Crippen LogP contribution in [0.15, 0.2) is 53.4 Å². The summed E-state index contributed by atoms with van der Waals surface area (Å²) in [4.78, 5) is 0.387. The van der Waals surface area contributed by atoms with Crippen LogP contribution in [-0.4, -0.2) is 25.5 Å². The minimum absolute atomic E-state index is 0.000583. The summed E-state index contributed by atoms with van der Waals surface area (Å²) in [6.45, 7) is 1.98. The molecule has 1 aliphatic carbocycles. The largest absolute Gasteiger partial charge is 0.264 e. The van der Waals surface area contributed by atoms with Gasteiger partial charge < -0.3 is 0 Å². The number of aryl methyl sites for hydroxylation is 1. The van der Waals surface area contributed by atoms with Crippen LogP contribution >= 0.6 is 11.8 Å². The summed E-state index contributed by atoms with van der Waals surface area (Å²) in [5.74, 6) is 0.866. The minimum atomic E-state index is -3.55. The smallest absolute Gasteiger partial charge is 0.262 e. The topological polar surface area (TPSA) is 37.4 Å². The molecule has 1 fully saturated rings. The SMILES string of the molecule is Cc1ccc(S(=O)(=O)N2c3ccccc3CC2CSC2CCCCC2)cc1. The van der Waals surface area contributed by atoms with E-state index in [0.717, 1.165) is 29.0 Å². The fraction of sp³-hybridized carbons (Fsp3) is 0.455. The molecule has 1 saturated carbocycles. The highest BCUT2D eigenvalue weighted by Crippen LogP contribution is 2.39. The Morgan fingerprint density at radius 3 is 2.44 bits per heavy atom. The van der Waals surface area contributed by atoms with Crippen molar-refractivity contribution in [3.05, 3.63) is 59.7 Å². The van der Waals surface area contributed by atoms with Crippen LogP contribution in [-0.2, 0) is 16.4 Å². The molecular weight excluding hydrogens is 374 g/mol. The van der Waals surface area contributed by atoms with E-state index >= 15 is 0 Å². The van der Waals surface area contributed by atoms with Gasteiger partial charge in [-0.15, -0.1) is 0 Å². The molecule has 144 valence electrons. The Hall–Kier alpha value is -1.46. The van der Waals surface area contributed by atoms with Crippen LogP contribution in [0.3, 0.4) is 0 Å². The molecule has 2 aromatic rings. The third-order valence-corrected chi connectivity index (χ3v) is 9.07. The zero-order valence-electron chi connectivity index (χ0n) is 15.8. The van der Waals surface area contributed by atoms with Crippen LogP contribution in [0, 0.1) is 6.92 Å². The van der Waals surface area contributed by atoms with E-state index in [0.29, 0.717) is 10.1 Å². The molecule has 1 atom stereocenters. The zero-order valence-corrected chi connectivity index (χ0v) is 17.4. The summed E-state index contributed by atoms with van der Waals surface area (Å²) in [7, 11) is -3.55. The van der Waals surface area contributed by atoms with Crippen molar-refractivity contribution in [1.82, 2.24) is 0 Å². The van der Waals surface area contributed by atoms with Gasteiger partial charge in [0.15, 0.2) is 0 Å². The van der Waals surface area contributed by atoms with Gasteiger partial charge in [-0.3, -0.25) is 4.31 Å². The van der Waals surface area contributed by atoms with Gasteiger partial charge in [-0.05, 0) is 49.9 Å². The number of benzene rings is 2. The third kappa shape index (κ3) is 3.90. The van der Waals surface area contributed by atoms with Crippen molar-refractivity contribution < 1.29 is 8.42 Å². The van der Waals surface area contributed by atoms with Crippen molar-refractivity contribution in [2.75, 3.05) is 10.1 Å². The molecule has 1 aliphatic heterocycles. The molecule has 1 unspecified atom stereocenters. The van der Waals surface area contributed by atoms with E-state index in [1.807, 2.05) is 49.0 Å². The normalized spacial score (nSPS) is 20.6. The lowest BCUT2D eigenvalue weighted by molar-refractivity contribution is 0.515. The molecule has 5 heteroatoms. The number of hydrogen-bond donors (Lipinski definition) is 0. The van der Waals surface area contributed by atoms with Crippen molar-refractivity contribution in [1.29, 1.82) is 0 Å². The van der Waals surface area contributed by atoms with E-state index in [-0.39, 0.29) is 6.04 Å². The number of rotatable bonds is 5. The first kappa shape index (κ1) is 18.9. The molecule has 0 bridgehead atoms. The van der Waals surface area contributed by atoms with E-state index in [9.17, 15) is 8.42 Å². The molecule has 0 amide bonds. The van der Waals surface area contributed by atoms with Crippen LogP contribution < -0.4 is 4.31 Å². The lowest BCUT2D eigenvalue weighted by Gasteiger charge is -2.29. The average Bonchev–Trinajstić information content (AvgIpc) is 3.07. The van der Waals surface area contributed by atoms with Gasteiger partial charge in [0.05, 0.1) is 16.6 Å². The van der Waals surface area contributed by atoms with E-state index in [1.165, 1.54) is 32.1 Å². The highest BCUT2D eigenvalue weighted by molar-refractivity contribution is 8.00. The van der Waals surface area contributed by atoms with Crippen molar-refractivity contribution in [2.45, 2.75) is 61.6 Å². The van der Waals surface area contributed by atoms with E-state index in [1.54, 1.807) is 16.4 Å². The van der Waals surface area contributed by atoms with Crippen molar-refractivity contribution in [3.8, 4) is 0 Å². The van der Waals surface area contributed by atoms with Gasteiger partial charge in [-0.2, -0.15) is 11.8 Å². The van der Waals surface area contributed by atoms with Crippen molar-refractivity contribution >= 4 is 27.5 Å². The number of para-hydroxylation sites is 1. The average molecular weight is 402 g/mol. The summed E-state index contributed by atoms with van der Waals surface area (Å²) in [5.41, 5.74) is 3.06. The van der Waals surface area contributed by atoms with Crippen molar-refractivity contribution in [2.24, 2.45) is 0 Å². The molecule has 4 rings (SSSR count). The second-order valence-electron chi connectivity index (χ2n) is 7.69. The van der Waals surface area contributed by atoms with Crippen molar-refractivity contribution in [3.63, 3.8) is 0 Å². The van der Waals surface area contributed by atoms with Gasteiger partial charge in [-0.1, -0.05) is 55.2 Å². The molecule has 0 aromatic heterocycles. The van der Waals surface area contributed by atoms with Crippen LogP contribution in [0.5, 0.6) is 0 Å². The quantitative estimate of drug-likeness (QED) is 0.693. The molecule has 3 nitrogen and oxygen atoms in total. The monoisotopic (exact) mass is 401 g/mol. The number of anilines is 1. The number of fused-ring (bicyclic) bond motifs is 1. The molecule has 0 saturated heterocycles. The predicted molar refractivity (Wildman–Crippen MR) is 114 cm³/mol. The lowest BCUT2D eigenvalue weighted by Crippen LogP contribution is -2.39. The molecular formula is C22H27NO2S2. The molecule has 0 spiro atoms. The van der Waals surface area contributed by atoms with Gasteiger partial charge in [0, 0.05) is 11.0 Å². The maximum atomic E-state index is 13.5. The van der Waals surface area contributed by atoms with Gasteiger partial charge in [0.25, 0.3) is 10.0 Å². The van der Waals surface area contributed by atoms with Gasteiger partial charge in [0.1, 0.15) is 0 Å². The Morgan fingerprint density at radius 1 is 1.00 bits per heavy atom. The summed E-state index contributed by atoms with van der Waals surface area (Å²) in [6.07, 6.45) is 7.33. The van der Waals surface area contributed by atoms with Gasteiger partial charge >= 0.3 is 0 Å². The van der Waals surface area contributed by atoms with E-state index in [2.05, 4.69) is 6.07 Å². The maximum Gasteiger partial charge on any atom is 0.264 e. The highest BCUT2D eigenvalue weighted by Gasteiger charge is 2.38. The summed E-state index contributed by atoms with van der Waals surface area (Å²) in [5, 5.41) is 0.686. The third-order valence-electron chi connectivity index (χ3n) is 5.67. The molecule has 1 heterocycles. The Balaban J connectivity index is 1.62. The van der Waals surface area contributed by atoms with Crippen LogP contribution in [0.4, 0.5) is 5.69 Å². The molecule has 0 N–H and O–H groups in total. The Labute approximate surface area is 167 Å². The second kappa shape index (κ2) is 7.88. The number of thioether (sulfide) groups is 1. The Bertz CT molecular complexity index is 887. The van der Waals surface area contributed by atoms with E-state index < -0.39 is 10.0 Å².